The first-order valence-corrected chi connectivity index (χ1v) is 7.41. The van der Waals surface area contributed by atoms with Gasteiger partial charge in [-0.05, 0) is 30.7 Å². The molecule has 0 amide bonds. The van der Waals surface area contributed by atoms with Crippen molar-refractivity contribution < 1.29 is 0 Å². The van der Waals surface area contributed by atoms with Gasteiger partial charge in [-0.3, -0.25) is 0 Å². The molecule has 2 nitrogen and oxygen atoms in total. The maximum atomic E-state index is 6.15. The van der Waals surface area contributed by atoms with Crippen molar-refractivity contribution in [2.24, 2.45) is 0 Å². The minimum atomic E-state index is 0.799. The van der Waals surface area contributed by atoms with E-state index >= 15 is 0 Å². The van der Waals surface area contributed by atoms with Gasteiger partial charge in [0.2, 0.25) is 0 Å². The topological polar surface area (TPSA) is 17.3 Å². The molecule has 3 aromatic rings. The van der Waals surface area contributed by atoms with Crippen LogP contribution in [0.5, 0.6) is 0 Å². The van der Waals surface area contributed by atoms with E-state index in [0.29, 0.717) is 0 Å². The fourth-order valence-electron chi connectivity index (χ4n) is 1.99. The van der Waals surface area contributed by atoms with E-state index in [2.05, 4.69) is 28.6 Å². The van der Waals surface area contributed by atoms with Gasteiger partial charge in [0.1, 0.15) is 5.65 Å². The quantitative estimate of drug-likeness (QED) is 0.656. The van der Waals surface area contributed by atoms with E-state index in [-0.39, 0.29) is 0 Å². The van der Waals surface area contributed by atoms with Crippen molar-refractivity contribution in [3.05, 3.63) is 65.1 Å². The number of rotatable bonds is 3. The molecule has 3 rings (SSSR count). The van der Waals surface area contributed by atoms with Gasteiger partial charge in [-0.1, -0.05) is 29.8 Å². The van der Waals surface area contributed by atoms with Crippen LogP contribution in [0.25, 0.3) is 5.65 Å². The largest absolute Gasteiger partial charge is 0.307 e. The number of aromatic nitrogens is 2. The van der Waals surface area contributed by atoms with E-state index in [4.69, 9.17) is 11.6 Å². The molecule has 96 valence electrons. The number of hydrogen-bond acceptors (Lipinski definition) is 2. The van der Waals surface area contributed by atoms with Crippen LogP contribution in [0.4, 0.5) is 0 Å². The van der Waals surface area contributed by atoms with Crippen molar-refractivity contribution >= 4 is 29.0 Å². The summed E-state index contributed by atoms with van der Waals surface area (Å²) in [7, 11) is 0. The van der Waals surface area contributed by atoms with Gasteiger partial charge in [0.05, 0.1) is 10.7 Å². The molecule has 0 aliphatic heterocycles. The molecule has 0 unspecified atom stereocenters. The Hall–Kier alpha value is -1.45. The SMILES string of the molecule is Cc1cccn2cc(CSc3ccccc3Cl)nc12. The van der Waals surface area contributed by atoms with Crippen molar-refractivity contribution in [3.8, 4) is 0 Å². The second kappa shape index (κ2) is 5.27. The maximum Gasteiger partial charge on any atom is 0.139 e. The average molecular weight is 289 g/mol. The first kappa shape index (κ1) is 12.6. The molecule has 2 aromatic heterocycles. The molecule has 1 aromatic carbocycles. The molecule has 0 atom stereocenters. The summed E-state index contributed by atoms with van der Waals surface area (Å²) in [6, 6.07) is 12.0. The minimum absolute atomic E-state index is 0.799. The molecule has 0 radical (unpaired) electrons. The van der Waals surface area contributed by atoms with Gasteiger partial charge in [-0.2, -0.15) is 0 Å². The van der Waals surface area contributed by atoms with Crippen LogP contribution in [-0.4, -0.2) is 9.38 Å². The number of imidazole rings is 1. The summed E-state index contributed by atoms with van der Waals surface area (Å²) in [5, 5.41) is 0.799. The molecule has 0 aliphatic carbocycles. The van der Waals surface area contributed by atoms with Crippen LogP contribution in [0.2, 0.25) is 5.02 Å². The summed E-state index contributed by atoms with van der Waals surface area (Å²) >= 11 is 7.86. The minimum Gasteiger partial charge on any atom is -0.307 e. The fraction of sp³-hybridized carbons (Fsp3) is 0.133. The van der Waals surface area contributed by atoms with Gasteiger partial charge in [-0.15, -0.1) is 11.8 Å². The highest BCUT2D eigenvalue weighted by Crippen LogP contribution is 2.29. The van der Waals surface area contributed by atoms with Gasteiger partial charge in [-0.25, -0.2) is 4.98 Å². The van der Waals surface area contributed by atoms with Gasteiger partial charge in [0, 0.05) is 23.0 Å². The number of hydrogen-bond donors (Lipinski definition) is 0. The second-order valence-corrected chi connectivity index (χ2v) is 5.80. The molecule has 2 heterocycles. The smallest absolute Gasteiger partial charge is 0.139 e. The fourth-order valence-corrected chi connectivity index (χ4v) is 3.11. The summed E-state index contributed by atoms with van der Waals surface area (Å²) in [5.41, 5.74) is 3.29. The van der Waals surface area contributed by atoms with Gasteiger partial charge < -0.3 is 4.40 Å². The lowest BCUT2D eigenvalue weighted by molar-refractivity contribution is 1.16. The zero-order chi connectivity index (χ0) is 13.2. The molecule has 0 N–H and O–H groups in total. The van der Waals surface area contributed by atoms with Crippen LogP contribution in [-0.2, 0) is 5.75 Å². The van der Waals surface area contributed by atoms with Crippen molar-refractivity contribution in [2.45, 2.75) is 17.6 Å². The number of halogens is 1. The summed E-state index contributed by atoms with van der Waals surface area (Å²) in [4.78, 5) is 5.75. The monoisotopic (exact) mass is 288 g/mol. The Kier molecular flexibility index (Phi) is 3.49. The lowest BCUT2D eigenvalue weighted by atomic mass is 10.3. The molecule has 0 saturated heterocycles. The predicted octanol–water partition coefficient (Wildman–Crippen LogP) is 4.59. The summed E-state index contributed by atoms with van der Waals surface area (Å²) in [6.07, 6.45) is 4.10. The predicted molar refractivity (Wildman–Crippen MR) is 80.9 cm³/mol. The van der Waals surface area contributed by atoms with E-state index < -0.39 is 0 Å². The Balaban J connectivity index is 1.83. The number of benzene rings is 1. The van der Waals surface area contributed by atoms with E-state index in [1.54, 1.807) is 11.8 Å². The number of thioether (sulfide) groups is 1. The Bertz CT molecular complexity index is 721. The van der Waals surface area contributed by atoms with E-state index in [1.165, 1.54) is 5.56 Å². The molecule has 0 spiro atoms. The normalized spacial score (nSPS) is 11.1. The molecule has 0 bridgehead atoms. The Labute approximate surface area is 121 Å². The van der Waals surface area contributed by atoms with E-state index in [0.717, 1.165) is 27.0 Å². The van der Waals surface area contributed by atoms with Crippen LogP contribution in [0.15, 0.2) is 53.7 Å². The number of aryl methyl sites for hydroxylation is 1. The van der Waals surface area contributed by atoms with Gasteiger partial charge in [0.25, 0.3) is 0 Å². The van der Waals surface area contributed by atoms with Crippen LogP contribution < -0.4 is 0 Å². The van der Waals surface area contributed by atoms with Crippen molar-refractivity contribution in [1.29, 1.82) is 0 Å². The molecular formula is C15H13ClN2S. The van der Waals surface area contributed by atoms with E-state index in [9.17, 15) is 0 Å². The summed E-state index contributed by atoms with van der Waals surface area (Å²) < 4.78 is 2.07. The standard InChI is InChI=1S/C15H13ClN2S/c1-11-5-4-8-18-9-12(17-15(11)18)10-19-14-7-3-2-6-13(14)16/h2-9H,10H2,1H3. The molecule has 19 heavy (non-hydrogen) atoms. The van der Waals surface area contributed by atoms with Gasteiger partial charge in [0.15, 0.2) is 0 Å². The summed E-state index contributed by atoms with van der Waals surface area (Å²) in [5.74, 6) is 0.824. The average Bonchev–Trinajstić information content (AvgIpc) is 2.82. The lowest BCUT2D eigenvalue weighted by Gasteiger charge is -2.01. The Morgan fingerprint density at radius 2 is 2.05 bits per heavy atom. The first-order chi connectivity index (χ1) is 9.24. The van der Waals surface area contributed by atoms with Crippen LogP contribution in [0.1, 0.15) is 11.3 Å². The zero-order valence-electron chi connectivity index (χ0n) is 10.5. The summed E-state index contributed by atoms with van der Waals surface area (Å²) in [6.45, 7) is 2.08. The first-order valence-electron chi connectivity index (χ1n) is 6.04. The third-order valence-electron chi connectivity index (χ3n) is 2.94. The maximum absolute atomic E-state index is 6.15. The second-order valence-electron chi connectivity index (χ2n) is 4.37. The van der Waals surface area contributed by atoms with E-state index in [1.807, 2.05) is 36.5 Å². The van der Waals surface area contributed by atoms with Crippen LogP contribution in [0.3, 0.4) is 0 Å². The zero-order valence-corrected chi connectivity index (χ0v) is 12.1. The highest BCUT2D eigenvalue weighted by atomic mass is 35.5. The Morgan fingerprint density at radius 1 is 1.21 bits per heavy atom. The number of fused-ring (bicyclic) bond motifs is 1. The van der Waals surface area contributed by atoms with Crippen LogP contribution >= 0.6 is 23.4 Å². The van der Waals surface area contributed by atoms with Gasteiger partial charge >= 0.3 is 0 Å². The molecule has 0 saturated carbocycles. The van der Waals surface area contributed by atoms with Crippen LogP contribution in [0, 0.1) is 6.92 Å². The third-order valence-corrected chi connectivity index (χ3v) is 4.49. The molecule has 4 heteroatoms. The highest BCUT2D eigenvalue weighted by molar-refractivity contribution is 7.98. The lowest BCUT2D eigenvalue weighted by Crippen LogP contribution is -1.84. The number of pyridine rings is 1. The molecular weight excluding hydrogens is 276 g/mol. The van der Waals surface area contributed by atoms with Crippen molar-refractivity contribution in [1.82, 2.24) is 9.38 Å². The van der Waals surface area contributed by atoms with Crippen molar-refractivity contribution in [2.75, 3.05) is 0 Å². The molecule has 0 aliphatic rings. The highest BCUT2D eigenvalue weighted by Gasteiger charge is 2.05. The Morgan fingerprint density at radius 3 is 2.84 bits per heavy atom. The van der Waals surface area contributed by atoms with Crippen molar-refractivity contribution in [3.63, 3.8) is 0 Å². The molecule has 0 fully saturated rings. The third kappa shape index (κ3) is 2.62. The number of nitrogens with zero attached hydrogens (tertiary/aromatic N) is 2.